The van der Waals surface area contributed by atoms with Crippen LogP contribution in [0.2, 0.25) is 0 Å². The fourth-order valence-corrected chi connectivity index (χ4v) is 2.48. The predicted octanol–water partition coefficient (Wildman–Crippen LogP) is 1.98. The number of aromatic nitrogens is 5. The molecule has 0 N–H and O–H groups in total. The SMILES string of the molecule is Cc1cc(Sc2ccccc2)n2nnnc2n1. The van der Waals surface area contributed by atoms with Gasteiger partial charge in [0, 0.05) is 10.6 Å². The van der Waals surface area contributed by atoms with Gasteiger partial charge in [0.1, 0.15) is 5.03 Å². The van der Waals surface area contributed by atoms with Crippen LogP contribution in [0.4, 0.5) is 0 Å². The molecule has 0 aliphatic heterocycles. The first-order valence-electron chi connectivity index (χ1n) is 5.11. The van der Waals surface area contributed by atoms with Crippen molar-refractivity contribution >= 4 is 17.5 Å². The van der Waals surface area contributed by atoms with Crippen LogP contribution >= 0.6 is 11.8 Å². The van der Waals surface area contributed by atoms with Crippen molar-refractivity contribution in [2.45, 2.75) is 16.8 Å². The van der Waals surface area contributed by atoms with Gasteiger partial charge in [0.25, 0.3) is 5.78 Å². The summed E-state index contributed by atoms with van der Waals surface area (Å²) in [6, 6.07) is 12.1. The number of fused-ring (bicyclic) bond motifs is 1. The van der Waals surface area contributed by atoms with Crippen LogP contribution in [0.5, 0.6) is 0 Å². The molecule has 0 radical (unpaired) electrons. The number of nitrogens with zero attached hydrogens (tertiary/aromatic N) is 5. The second-order valence-corrected chi connectivity index (χ2v) is 4.64. The van der Waals surface area contributed by atoms with E-state index in [1.807, 2.05) is 31.2 Å². The van der Waals surface area contributed by atoms with Gasteiger partial charge in [0.2, 0.25) is 0 Å². The molecule has 0 fully saturated rings. The molecule has 0 amide bonds. The summed E-state index contributed by atoms with van der Waals surface area (Å²) in [4.78, 5) is 5.40. The molecule has 3 rings (SSSR count). The summed E-state index contributed by atoms with van der Waals surface area (Å²) < 4.78 is 1.64. The Labute approximate surface area is 102 Å². The molecule has 84 valence electrons. The number of rotatable bonds is 2. The molecule has 17 heavy (non-hydrogen) atoms. The zero-order chi connectivity index (χ0) is 11.7. The quantitative estimate of drug-likeness (QED) is 0.644. The van der Waals surface area contributed by atoms with Crippen molar-refractivity contribution in [1.29, 1.82) is 0 Å². The van der Waals surface area contributed by atoms with Crippen LogP contribution in [-0.2, 0) is 0 Å². The van der Waals surface area contributed by atoms with Crippen molar-refractivity contribution in [2.75, 3.05) is 0 Å². The van der Waals surface area contributed by atoms with E-state index in [0.717, 1.165) is 15.6 Å². The second kappa shape index (κ2) is 4.14. The third-order valence-electron chi connectivity index (χ3n) is 2.24. The highest BCUT2D eigenvalue weighted by Gasteiger charge is 2.07. The summed E-state index contributed by atoms with van der Waals surface area (Å²) >= 11 is 1.62. The third-order valence-corrected chi connectivity index (χ3v) is 3.24. The van der Waals surface area contributed by atoms with E-state index in [4.69, 9.17) is 0 Å². The van der Waals surface area contributed by atoms with Crippen molar-refractivity contribution < 1.29 is 0 Å². The minimum atomic E-state index is 0.531. The Morgan fingerprint density at radius 2 is 2.00 bits per heavy atom. The van der Waals surface area contributed by atoms with Crippen molar-refractivity contribution in [2.24, 2.45) is 0 Å². The van der Waals surface area contributed by atoms with Crippen LogP contribution in [0.15, 0.2) is 46.3 Å². The number of aryl methyl sites for hydroxylation is 1. The molecule has 2 heterocycles. The Hall–Kier alpha value is -1.95. The largest absolute Gasteiger partial charge is 0.274 e. The van der Waals surface area contributed by atoms with Gasteiger partial charge in [-0.05, 0) is 35.5 Å². The maximum atomic E-state index is 4.25. The molecule has 2 aromatic heterocycles. The fourth-order valence-electron chi connectivity index (χ4n) is 1.51. The van der Waals surface area contributed by atoms with Crippen molar-refractivity contribution in [3.63, 3.8) is 0 Å². The predicted molar refractivity (Wildman–Crippen MR) is 63.9 cm³/mol. The Balaban J connectivity index is 2.08. The Morgan fingerprint density at radius 1 is 1.18 bits per heavy atom. The zero-order valence-corrected chi connectivity index (χ0v) is 9.92. The number of hydrogen-bond donors (Lipinski definition) is 0. The van der Waals surface area contributed by atoms with Gasteiger partial charge < -0.3 is 0 Å². The summed E-state index contributed by atoms with van der Waals surface area (Å²) in [5.74, 6) is 0.531. The first-order valence-corrected chi connectivity index (χ1v) is 5.93. The molecule has 0 aliphatic rings. The van der Waals surface area contributed by atoms with Gasteiger partial charge in [0.05, 0.1) is 0 Å². The molecule has 3 aromatic rings. The van der Waals surface area contributed by atoms with Gasteiger partial charge in [0.15, 0.2) is 0 Å². The Morgan fingerprint density at radius 3 is 2.82 bits per heavy atom. The van der Waals surface area contributed by atoms with E-state index in [1.54, 1.807) is 16.3 Å². The van der Waals surface area contributed by atoms with Gasteiger partial charge in [-0.25, -0.2) is 4.98 Å². The maximum absolute atomic E-state index is 4.25. The zero-order valence-electron chi connectivity index (χ0n) is 9.11. The normalized spacial score (nSPS) is 10.9. The summed E-state index contributed by atoms with van der Waals surface area (Å²) in [6.45, 7) is 1.93. The highest BCUT2D eigenvalue weighted by atomic mass is 32.2. The van der Waals surface area contributed by atoms with E-state index >= 15 is 0 Å². The second-order valence-electron chi connectivity index (χ2n) is 3.54. The molecular formula is C11H9N5S. The maximum Gasteiger partial charge on any atom is 0.274 e. The topological polar surface area (TPSA) is 56.0 Å². The number of benzene rings is 1. The van der Waals surface area contributed by atoms with E-state index in [2.05, 4.69) is 32.6 Å². The third kappa shape index (κ3) is 1.99. The molecule has 1 aromatic carbocycles. The molecule has 0 spiro atoms. The molecular weight excluding hydrogens is 234 g/mol. The highest BCUT2D eigenvalue weighted by Crippen LogP contribution is 2.27. The van der Waals surface area contributed by atoms with Crippen molar-refractivity contribution in [3.8, 4) is 0 Å². The van der Waals surface area contributed by atoms with E-state index in [0.29, 0.717) is 5.78 Å². The minimum absolute atomic E-state index is 0.531. The van der Waals surface area contributed by atoms with Gasteiger partial charge in [-0.1, -0.05) is 35.1 Å². The van der Waals surface area contributed by atoms with Crippen LogP contribution in [-0.4, -0.2) is 25.0 Å². The smallest absolute Gasteiger partial charge is 0.215 e. The molecule has 0 atom stereocenters. The summed E-state index contributed by atoms with van der Waals surface area (Å²) in [7, 11) is 0. The van der Waals surface area contributed by atoms with E-state index in [1.165, 1.54) is 0 Å². The standard InChI is InChI=1S/C11H9N5S/c1-8-7-10(16-11(12-8)13-14-15-16)17-9-5-3-2-4-6-9/h2-7H,1H3. The van der Waals surface area contributed by atoms with E-state index in [9.17, 15) is 0 Å². The Bertz CT molecular complexity index is 649. The van der Waals surface area contributed by atoms with Crippen LogP contribution in [0, 0.1) is 6.92 Å². The lowest BCUT2D eigenvalue weighted by atomic mass is 10.4. The lowest BCUT2D eigenvalue weighted by Gasteiger charge is -2.03. The van der Waals surface area contributed by atoms with Gasteiger partial charge >= 0.3 is 0 Å². The molecule has 0 saturated heterocycles. The number of hydrogen-bond acceptors (Lipinski definition) is 5. The summed E-state index contributed by atoms with van der Waals surface area (Å²) in [5, 5.41) is 12.4. The lowest BCUT2D eigenvalue weighted by molar-refractivity contribution is 0.764. The monoisotopic (exact) mass is 243 g/mol. The Kier molecular flexibility index (Phi) is 2.49. The fraction of sp³-hybridized carbons (Fsp3) is 0.0909. The van der Waals surface area contributed by atoms with Gasteiger partial charge in [-0.15, -0.1) is 0 Å². The van der Waals surface area contributed by atoms with Crippen molar-refractivity contribution in [1.82, 2.24) is 25.0 Å². The summed E-state index contributed by atoms with van der Waals surface area (Å²) in [6.07, 6.45) is 0. The van der Waals surface area contributed by atoms with Gasteiger partial charge in [-0.3, -0.25) is 0 Å². The lowest BCUT2D eigenvalue weighted by Crippen LogP contribution is -1.97. The first-order chi connectivity index (χ1) is 8.33. The molecule has 0 unspecified atom stereocenters. The van der Waals surface area contributed by atoms with Crippen LogP contribution < -0.4 is 0 Å². The van der Waals surface area contributed by atoms with E-state index in [-0.39, 0.29) is 0 Å². The molecule has 0 aliphatic carbocycles. The average Bonchev–Trinajstić information content (AvgIpc) is 2.78. The van der Waals surface area contributed by atoms with Crippen molar-refractivity contribution in [3.05, 3.63) is 42.1 Å². The van der Waals surface area contributed by atoms with Crippen LogP contribution in [0.25, 0.3) is 5.78 Å². The molecule has 0 saturated carbocycles. The molecule has 5 nitrogen and oxygen atoms in total. The highest BCUT2D eigenvalue weighted by molar-refractivity contribution is 7.99. The van der Waals surface area contributed by atoms with Crippen LogP contribution in [0.3, 0.4) is 0 Å². The van der Waals surface area contributed by atoms with E-state index < -0.39 is 0 Å². The molecule has 6 heteroatoms. The minimum Gasteiger partial charge on any atom is -0.215 e. The average molecular weight is 243 g/mol. The molecule has 0 bridgehead atoms. The number of tetrazole rings is 1. The summed E-state index contributed by atoms with van der Waals surface area (Å²) in [5.41, 5.74) is 0.908. The van der Waals surface area contributed by atoms with Crippen LogP contribution in [0.1, 0.15) is 5.69 Å². The van der Waals surface area contributed by atoms with Gasteiger partial charge in [-0.2, -0.15) is 4.52 Å². The first kappa shape index (κ1) is 10.2.